The summed E-state index contributed by atoms with van der Waals surface area (Å²) < 4.78 is 50.9. The smallest absolute Gasteiger partial charge is 0.416 e. The summed E-state index contributed by atoms with van der Waals surface area (Å²) in [5, 5.41) is 0.109. The van der Waals surface area contributed by atoms with Crippen molar-refractivity contribution in [3.8, 4) is 17.1 Å². The van der Waals surface area contributed by atoms with Crippen LogP contribution in [0.1, 0.15) is 40.1 Å². The van der Waals surface area contributed by atoms with Crippen molar-refractivity contribution in [1.29, 1.82) is 0 Å². The number of benzene rings is 2. The normalized spacial score (nSPS) is 17.0. The Morgan fingerprint density at radius 2 is 1.85 bits per heavy atom. The van der Waals surface area contributed by atoms with Gasteiger partial charge in [0.1, 0.15) is 11.5 Å². The van der Waals surface area contributed by atoms with E-state index in [0.29, 0.717) is 26.2 Å². The van der Waals surface area contributed by atoms with Gasteiger partial charge >= 0.3 is 6.18 Å². The molecule has 3 heterocycles. The molecule has 0 atom stereocenters. The average Bonchev–Trinajstić information content (AvgIpc) is 3.44. The number of rotatable bonds is 3. The van der Waals surface area contributed by atoms with Gasteiger partial charge in [-0.25, -0.2) is 0 Å². The second-order valence-electron chi connectivity index (χ2n) is 8.75. The number of piperidine rings is 1. The van der Waals surface area contributed by atoms with Crippen molar-refractivity contribution in [2.45, 2.75) is 31.0 Å². The zero-order valence-corrected chi connectivity index (χ0v) is 18.9. The molecule has 1 spiro atoms. The van der Waals surface area contributed by atoms with Crippen molar-refractivity contribution in [2.24, 2.45) is 5.73 Å². The SMILES string of the molecule is NCc1ccc2c(c1)C1(CCN(C(=O)c3ccc(-c4cc(C(F)(F)F)ccc4Cl)o3)CC1)CO2. The van der Waals surface area contributed by atoms with E-state index in [1.165, 1.54) is 18.2 Å². The number of carbonyl (C=O) groups excluding carboxylic acids is 1. The van der Waals surface area contributed by atoms with E-state index in [1.54, 1.807) is 4.90 Å². The molecule has 178 valence electrons. The quantitative estimate of drug-likeness (QED) is 0.515. The average molecular weight is 491 g/mol. The van der Waals surface area contributed by atoms with Gasteiger partial charge in [0.2, 0.25) is 0 Å². The number of likely N-dealkylation sites (tertiary alicyclic amines) is 1. The third-order valence-corrected chi connectivity index (χ3v) is 7.07. The second-order valence-corrected chi connectivity index (χ2v) is 9.16. The van der Waals surface area contributed by atoms with Gasteiger partial charge in [-0.15, -0.1) is 0 Å². The predicted octanol–water partition coefficient (Wildman–Crippen LogP) is 5.64. The van der Waals surface area contributed by atoms with Crippen LogP contribution in [0.15, 0.2) is 52.9 Å². The second kappa shape index (κ2) is 8.36. The molecule has 5 rings (SSSR count). The Labute approximate surface area is 199 Å². The molecule has 0 radical (unpaired) electrons. The molecule has 5 nitrogen and oxygen atoms in total. The third kappa shape index (κ3) is 3.95. The summed E-state index contributed by atoms with van der Waals surface area (Å²) in [5.74, 6) is 0.734. The van der Waals surface area contributed by atoms with Gasteiger partial charge < -0.3 is 19.8 Å². The summed E-state index contributed by atoms with van der Waals surface area (Å²) in [6.45, 7) is 2.03. The largest absolute Gasteiger partial charge is 0.492 e. The molecule has 0 saturated carbocycles. The summed E-state index contributed by atoms with van der Waals surface area (Å²) >= 11 is 6.11. The summed E-state index contributed by atoms with van der Waals surface area (Å²) in [4.78, 5) is 14.8. The van der Waals surface area contributed by atoms with Crippen LogP contribution in [0.5, 0.6) is 5.75 Å². The van der Waals surface area contributed by atoms with Crippen LogP contribution < -0.4 is 10.5 Å². The van der Waals surface area contributed by atoms with Crippen LogP contribution in [0.4, 0.5) is 13.2 Å². The molecule has 34 heavy (non-hydrogen) atoms. The van der Waals surface area contributed by atoms with Crippen LogP contribution in [0.25, 0.3) is 11.3 Å². The number of nitrogens with two attached hydrogens (primary N) is 1. The Morgan fingerprint density at radius 1 is 1.09 bits per heavy atom. The maximum atomic E-state index is 13.1. The van der Waals surface area contributed by atoms with Crippen LogP contribution in [-0.2, 0) is 18.1 Å². The molecule has 9 heteroatoms. The molecule has 0 unspecified atom stereocenters. The van der Waals surface area contributed by atoms with E-state index in [2.05, 4.69) is 6.07 Å². The molecule has 2 aliphatic rings. The molecule has 0 bridgehead atoms. The van der Waals surface area contributed by atoms with Crippen LogP contribution in [-0.4, -0.2) is 30.5 Å². The first-order valence-electron chi connectivity index (χ1n) is 10.9. The Kier molecular flexibility index (Phi) is 5.61. The number of furan rings is 1. The number of carbonyl (C=O) groups is 1. The number of hydrogen-bond donors (Lipinski definition) is 1. The lowest BCUT2D eigenvalue weighted by atomic mass is 9.74. The number of halogens is 4. The van der Waals surface area contributed by atoms with Crippen molar-refractivity contribution in [3.63, 3.8) is 0 Å². The Hall–Kier alpha value is -2.97. The van der Waals surface area contributed by atoms with Crippen molar-refractivity contribution >= 4 is 17.5 Å². The Bertz CT molecular complexity index is 1250. The van der Waals surface area contributed by atoms with Crippen LogP contribution >= 0.6 is 11.6 Å². The minimum Gasteiger partial charge on any atom is -0.492 e. The van der Waals surface area contributed by atoms with E-state index < -0.39 is 11.7 Å². The monoisotopic (exact) mass is 490 g/mol. The fourth-order valence-corrected chi connectivity index (χ4v) is 4.94. The third-order valence-electron chi connectivity index (χ3n) is 6.74. The standard InChI is InChI=1S/C25H22ClF3N2O3/c26-19-3-2-16(25(27,28)29)12-17(19)20-5-6-22(34-20)23(32)31-9-7-24(8-10-31)14-33-21-4-1-15(13-30)11-18(21)24/h1-6,11-12H,7-10,13-14,30H2. The number of hydrogen-bond acceptors (Lipinski definition) is 4. The summed E-state index contributed by atoms with van der Waals surface area (Å²) in [7, 11) is 0. The first kappa shape index (κ1) is 22.8. The highest BCUT2D eigenvalue weighted by Crippen LogP contribution is 2.46. The number of fused-ring (bicyclic) bond motifs is 2. The van der Waals surface area contributed by atoms with Crippen LogP contribution in [0.2, 0.25) is 5.02 Å². The van der Waals surface area contributed by atoms with Gasteiger partial charge in [-0.3, -0.25) is 4.79 Å². The lowest BCUT2D eigenvalue weighted by Crippen LogP contribution is -2.46. The van der Waals surface area contributed by atoms with Gasteiger partial charge in [0.25, 0.3) is 5.91 Å². The highest BCUT2D eigenvalue weighted by Gasteiger charge is 2.44. The number of alkyl halides is 3. The lowest BCUT2D eigenvalue weighted by molar-refractivity contribution is -0.137. The molecule has 2 aromatic carbocycles. The minimum atomic E-state index is -4.51. The van der Waals surface area contributed by atoms with E-state index in [-0.39, 0.29) is 33.4 Å². The number of nitrogens with zero attached hydrogens (tertiary/aromatic N) is 1. The molecule has 1 saturated heterocycles. The topological polar surface area (TPSA) is 68.7 Å². The van der Waals surface area contributed by atoms with E-state index in [9.17, 15) is 18.0 Å². The number of ether oxygens (including phenoxy) is 1. The van der Waals surface area contributed by atoms with E-state index in [4.69, 9.17) is 26.5 Å². The maximum absolute atomic E-state index is 13.1. The van der Waals surface area contributed by atoms with Crippen molar-refractivity contribution in [3.05, 3.63) is 76.0 Å². The minimum absolute atomic E-state index is 0.0629. The van der Waals surface area contributed by atoms with Gasteiger partial charge in [-0.05, 0) is 54.8 Å². The predicted molar refractivity (Wildman–Crippen MR) is 121 cm³/mol. The van der Waals surface area contributed by atoms with E-state index in [0.717, 1.165) is 41.9 Å². The fourth-order valence-electron chi connectivity index (χ4n) is 4.73. The molecular weight excluding hydrogens is 469 g/mol. The van der Waals surface area contributed by atoms with Crippen molar-refractivity contribution < 1.29 is 27.1 Å². The van der Waals surface area contributed by atoms with Crippen LogP contribution in [0, 0.1) is 0 Å². The highest BCUT2D eigenvalue weighted by molar-refractivity contribution is 6.33. The summed E-state index contributed by atoms with van der Waals surface area (Å²) in [6, 6.07) is 12.0. The van der Waals surface area contributed by atoms with Gasteiger partial charge in [-0.1, -0.05) is 23.7 Å². The van der Waals surface area contributed by atoms with Gasteiger partial charge in [0.05, 0.1) is 17.2 Å². The lowest BCUT2D eigenvalue weighted by Gasteiger charge is -2.38. The maximum Gasteiger partial charge on any atom is 0.416 e. The number of amides is 1. The fraction of sp³-hybridized carbons (Fsp3) is 0.320. The van der Waals surface area contributed by atoms with E-state index in [1.807, 2.05) is 12.1 Å². The summed E-state index contributed by atoms with van der Waals surface area (Å²) in [5.41, 5.74) is 7.08. The molecule has 2 N–H and O–H groups in total. The summed E-state index contributed by atoms with van der Waals surface area (Å²) in [6.07, 6.45) is -3.05. The molecule has 3 aromatic rings. The zero-order valence-electron chi connectivity index (χ0n) is 18.1. The Morgan fingerprint density at radius 3 is 2.56 bits per heavy atom. The van der Waals surface area contributed by atoms with Gasteiger partial charge in [0, 0.05) is 36.2 Å². The molecule has 1 fully saturated rings. The molecule has 1 aromatic heterocycles. The van der Waals surface area contributed by atoms with Crippen molar-refractivity contribution in [2.75, 3.05) is 19.7 Å². The van der Waals surface area contributed by atoms with Crippen LogP contribution in [0.3, 0.4) is 0 Å². The zero-order chi connectivity index (χ0) is 24.1. The van der Waals surface area contributed by atoms with Crippen molar-refractivity contribution in [1.82, 2.24) is 4.90 Å². The van der Waals surface area contributed by atoms with Gasteiger partial charge in [-0.2, -0.15) is 13.2 Å². The molecule has 2 aliphatic heterocycles. The first-order chi connectivity index (χ1) is 16.2. The first-order valence-corrected chi connectivity index (χ1v) is 11.3. The Balaban J connectivity index is 1.32. The van der Waals surface area contributed by atoms with Gasteiger partial charge in [0.15, 0.2) is 5.76 Å². The van der Waals surface area contributed by atoms with E-state index >= 15 is 0 Å². The molecule has 0 aliphatic carbocycles. The highest BCUT2D eigenvalue weighted by atomic mass is 35.5. The molecule has 1 amide bonds. The molecular formula is C25H22ClF3N2O3.